The molecule has 1 aromatic heterocycles. The van der Waals surface area contributed by atoms with Crippen LogP contribution in [0.5, 0.6) is 5.88 Å². The van der Waals surface area contributed by atoms with Crippen LogP contribution in [0.4, 0.5) is 17.6 Å². The van der Waals surface area contributed by atoms with Crippen LogP contribution in [0.2, 0.25) is 0 Å². The second kappa shape index (κ2) is 6.91. The number of hydrogen-bond donors (Lipinski definition) is 2. The summed E-state index contributed by atoms with van der Waals surface area (Å²) in [6.45, 7) is 0.760. The minimum absolute atomic E-state index is 0.236. The van der Waals surface area contributed by atoms with Crippen LogP contribution in [0.1, 0.15) is 10.4 Å². The van der Waals surface area contributed by atoms with E-state index < -0.39 is 19.0 Å². The minimum Gasteiger partial charge on any atom is -0.471 e. The van der Waals surface area contributed by atoms with Crippen LogP contribution in [0.15, 0.2) is 18.3 Å². The van der Waals surface area contributed by atoms with Gasteiger partial charge in [-0.1, -0.05) is 0 Å². The number of halogens is 4. The van der Waals surface area contributed by atoms with Gasteiger partial charge in [0.05, 0.1) is 5.56 Å². The van der Waals surface area contributed by atoms with Gasteiger partial charge in [0, 0.05) is 37.8 Å². The Balaban J connectivity index is 1.82. The van der Waals surface area contributed by atoms with Gasteiger partial charge >= 0.3 is 12.3 Å². The Labute approximate surface area is 124 Å². The molecule has 1 fully saturated rings. The predicted molar refractivity (Wildman–Crippen MR) is 69.4 cm³/mol. The highest BCUT2D eigenvalue weighted by molar-refractivity contribution is 5.93. The van der Waals surface area contributed by atoms with E-state index >= 15 is 0 Å². The Morgan fingerprint density at radius 3 is 2.68 bits per heavy atom. The van der Waals surface area contributed by atoms with Gasteiger partial charge in [0.1, 0.15) is 0 Å². The largest absolute Gasteiger partial charge is 0.471 e. The summed E-state index contributed by atoms with van der Waals surface area (Å²) in [7, 11) is 0. The molecule has 5 nitrogen and oxygen atoms in total. The minimum atomic E-state index is -4.24. The van der Waals surface area contributed by atoms with Crippen molar-refractivity contribution < 1.29 is 27.1 Å². The van der Waals surface area contributed by atoms with E-state index in [4.69, 9.17) is 0 Å². The quantitative estimate of drug-likeness (QED) is 0.744. The fourth-order valence-corrected chi connectivity index (χ4v) is 1.67. The molecule has 0 aliphatic carbocycles. The highest BCUT2D eigenvalue weighted by Crippen LogP contribution is 2.23. The number of pyridine rings is 1. The maximum Gasteiger partial charge on any atom is 0.340 e. The lowest BCUT2D eigenvalue weighted by Gasteiger charge is -2.27. The average molecular weight is 321 g/mol. The lowest BCUT2D eigenvalue weighted by molar-refractivity contribution is -0.148. The van der Waals surface area contributed by atoms with E-state index in [0.717, 1.165) is 19.3 Å². The highest BCUT2D eigenvalue weighted by Gasteiger charge is 2.41. The summed E-state index contributed by atoms with van der Waals surface area (Å²) >= 11 is 0. The molecule has 0 spiro atoms. The van der Waals surface area contributed by atoms with Crippen molar-refractivity contribution in [2.75, 3.05) is 26.2 Å². The standard InChI is InChI=1S/C13H15F4N3O2/c14-12(15)13(16,17)7-22-10-2-1-9(6-19-10)11(21)20-5-8-3-18-4-8/h1-2,6,8,12,18H,3-5,7H2,(H,20,21). The second-order valence-electron chi connectivity index (χ2n) is 4.97. The molecular weight excluding hydrogens is 306 g/mol. The maximum atomic E-state index is 12.7. The predicted octanol–water partition coefficient (Wildman–Crippen LogP) is 1.31. The number of aromatic nitrogens is 1. The first-order chi connectivity index (χ1) is 10.4. The van der Waals surface area contributed by atoms with E-state index in [-0.39, 0.29) is 17.4 Å². The molecule has 2 rings (SSSR count). The molecule has 1 amide bonds. The topological polar surface area (TPSA) is 63.2 Å². The molecule has 1 aliphatic rings. The van der Waals surface area contributed by atoms with Crippen molar-refractivity contribution >= 4 is 5.91 Å². The van der Waals surface area contributed by atoms with Crippen LogP contribution in [-0.2, 0) is 0 Å². The van der Waals surface area contributed by atoms with Crippen molar-refractivity contribution in [3.63, 3.8) is 0 Å². The Morgan fingerprint density at radius 1 is 1.45 bits per heavy atom. The number of ether oxygens (including phenoxy) is 1. The molecule has 1 aliphatic heterocycles. The second-order valence-corrected chi connectivity index (χ2v) is 4.97. The molecule has 0 aromatic carbocycles. The van der Waals surface area contributed by atoms with E-state index in [2.05, 4.69) is 20.4 Å². The Kier molecular flexibility index (Phi) is 5.17. The van der Waals surface area contributed by atoms with Gasteiger partial charge in [-0.25, -0.2) is 13.8 Å². The number of carbonyl (C=O) groups is 1. The van der Waals surface area contributed by atoms with Gasteiger partial charge in [0.2, 0.25) is 5.88 Å². The van der Waals surface area contributed by atoms with Crippen LogP contribution in [0.25, 0.3) is 0 Å². The summed E-state index contributed by atoms with van der Waals surface area (Å²) in [5.74, 6) is -4.44. The third kappa shape index (κ3) is 4.30. The van der Waals surface area contributed by atoms with Gasteiger partial charge in [-0.2, -0.15) is 8.78 Å². The highest BCUT2D eigenvalue weighted by atomic mass is 19.3. The van der Waals surface area contributed by atoms with Gasteiger partial charge in [-0.15, -0.1) is 0 Å². The van der Waals surface area contributed by atoms with Crippen LogP contribution < -0.4 is 15.4 Å². The molecule has 0 radical (unpaired) electrons. The number of rotatable bonds is 7. The molecule has 2 N–H and O–H groups in total. The smallest absolute Gasteiger partial charge is 0.340 e. The number of nitrogens with zero attached hydrogens (tertiary/aromatic N) is 1. The van der Waals surface area contributed by atoms with E-state index in [1.54, 1.807) is 0 Å². The average Bonchev–Trinajstić information content (AvgIpc) is 2.44. The molecule has 0 unspecified atom stereocenters. The number of hydrogen-bond acceptors (Lipinski definition) is 4. The van der Waals surface area contributed by atoms with Crippen molar-refractivity contribution in [1.29, 1.82) is 0 Å². The fourth-order valence-electron chi connectivity index (χ4n) is 1.67. The molecule has 0 atom stereocenters. The van der Waals surface area contributed by atoms with Gasteiger partial charge in [0.15, 0.2) is 6.61 Å². The Bertz CT molecular complexity index is 507. The molecule has 2 heterocycles. The van der Waals surface area contributed by atoms with Crippen molar-refractivity contribution in [1.82, 2.24) is 15.6 Å². The van der Waals surface area contributed by atoms with Crippen molar-refractivity contribution in [2.45, 2.75) is 12.3 Å². The van der Waals surface area contributed by atoms with Crippen LogP contribution >= 0.6 is 0 Å². The number of nitrogens with one attached hydrogen (secondary N) is 2. The monoisotopic (exact) mass is 321 g/mol. The van der Waals surface area contributed by atoms with Crippen molar-refractivity contribution in [3.8, 4) is 5.88 Å². The fraction of sp³-hybridized carbons (Fsp3) is 0.538. The lowest BCUT2D eigenvalue weighted by Crippen LogP contribution is -2.48. The summed E-state index contributed by atoms with van der Waals surface area (Å²) in [5, 5.41) is 5.78. The normalized spacial score (nSPS) is 15.5. The van der Waals surface area contributed by atoms with Crippen LogP contribution in [0.3, 0.4) is 0 Å². The first-order valence-corrected chi connectivity index (χ1v) is 6.62. The Hall–Kier alpha value is -1.90. The zero-order valence-corrected chi connectivity index (χ0v) is 11.5. The van der Waals surface area contributed by atoms with Gasteiger partial charge in [-0.05, 0) is 6.07 Å². The molecule has 122 valence electrons. The molecule has 1 saturated heterocycles. The van der Waals surface area contributed by atoms with E-state index in [0.29, 0.717) is 12.5 Å². The number of carbonyl (C=O) groups excluding carboxylic acids is 1. The van der Waals surface area contributed by atoms with E-state index in [9.17, 15) is 22.4 Å². The summed E-state index contributed by atoms with van der Waals surface area (Å²) in [4.78, 5) is 15.4. The van der Waals surface area contributed by atoms with Gasteiger partial charge in [0.25, 0.3) is 5.91 Å². The molecule has 22 heavy (non-hydrogen) atoms. The summed E-state index contributed by atoms with van der Waals surface area (Å²) in [6.07, 6.45) is -2.66. The van der Waals surface area contributed by atoms with Crippen LogP contribution in [-0.4, -0.2) is 49.5 Å². The lowest BCUT2D eigenvalue weighted by atomic mass is 10.0. The zero-order chi connectivity index (χ0) is 16.2. The van der Waals surface area contributed by atoms with Gasteiger partial charge in [-0.3, -0.25) is 4.79 Å². The molecule has 0 saturated carbocycles. The third-order valence-corrected chi connectivity index (χ3v) is 3.15. The molecular formula is C13H15F4N3O2. The van der Waals surface area contributed by atoms with Crippen molar-refractivity contribution in [3.05, 3.63) is 23.9 Å². The Morgan fingerprint density at radius 2 is 2.18 bits per heavy atom. The molecule has 0 bridgehead atoms. The first kappa shape index (κ1) is 16.5. The molecule has 9 heteroatoms. The van der Waals surface area contributed by atoms with E-state index in [1.807, 2.05) is 0 Å². The maximum absolute atomic E-state index is 12.7. The van der Waals surface area contributed by atoms with E-state index in [1.165, 1.54) is 12.1 Å². The zero-order valence-electron chi connectivity index (χ0n) is 11.5. The summed E-state index contributed by atoms with van der Waals surface area (Å²) < 4.78 is 53.8. The van der Waals surface area contributed by atoms with Crippen molar-refractivity contribution in [2.24, 2.45) is 5.92 Å². The summed E-state index contributed by atoms with van der Waals surface area (Å²) in [5.41, 5.74) is 0.236. The third-order valence-electron chi connectivity index (χ3n) is 3.15. The number of alkyl halides is 4. The SMILES string of the molecule is O=C(NCC1CNC1)c1ccc(OCC(F)(F)C(F)F)nc1. The first-order valence-electron chi connectivity index (χ1n) is 6.62. The molecule has 1 aromatic rings. The van der Waals surface area contributed by atoms with Crippen LogP contribution in [0, 0.1) is 5.92 Å². The summed E-state index contributed by atoms with van der Waals surface area (Å²) in [6, 6.07) is 2.51. The number of amides is 1. The van der Waals surface area contributed by atoms with Gasteiger partial charge < -0.3 is 15.4 Å².